The number of benzene rings is 1. The number of fused-ring (bicyclic) bond motifs is 1. The molecule has 2 fully saturated rings. The number of ether oxygens (including phenoxy) is 1. The van der Waals surface area contributed by atoms with Crippen molar-refractivity contribution in [2.75, 3.05) is 19.7 Å². The van der Waals surface area contributed by atoms with Crippen LogP contribution in [0.25, 0.3) is 0 Å². The Bertz CT molecular complexity index is 508. The maximum atomic E-state index is 12.2. The molecule has 0 spiro atoms. The van der Waals surface area contributed by atoms with Crippen molar-refractivity contribution in [2.45, 2.75) is 44.5 Å². The normalized spacial score (nSPS) is 29.6. The van der Waals surface area contributed by atoms with Gasteiger partial charge in [0, 0.05) is 25.2 Å². The Hall–Kier alpha value is -1.59. The van der Waals surface area contributed by atoms with E-state index in [1.54, 1.807) is 0 Å². The van der Waals surface area contributed by atoms with Crippen molar-refractivity contribution >= 4 is 6.03 Å². The molecule has 2 amide bonds. The summed E-state index contributed by atoms with van der Waals surface area (Å²) in [6.45, 7) is 6.77. The lowest BCUT2D eigenvalue weighted by Gasteiger charge is -2.33. The average Bonchev–Trinajstić information content (AvgIpc) is 2.89. The van der Waals surface area contributed by atoms with Gasteiger partial charge in [0.2, 0.25) is 0 Å². The zero-order chi connectivity index (χ0) is 15.5. The number of hydrogen-bond donors (Lipinski definition) is 2. The van der Waals surface area contributed by atoms with Gasteiger partial charge < -0.3 is 15.4 Å². The third-order valence-electron chi connectivity index (χ3n) is 4.58. The van der Waals surface area contributed by atoms with E-state index in [2.05, 4.69) is 22.5 Å². The van der Waals surface area contributed by atoms with Crippen molar-refractivity contribution in [3.63, 3.8) is 0 Å². The van der Waals surface area contributed by atoms with Gasteiger partial charge >= 0.3 is 6.03 Å². The van der Waals surface area contributed by atoms with Crippen LogP contribution in [0, 0.1) is 0 Å². The Morgan fingerprint density at radius 1 is 1.32 bits per heavy atom. The fourth-order valence-corrected chi connectivity index (χ4v) is 3.39. The Morgan fingerprint density at radius 3 is 2.86 bits per heavy atom. The second-order valence-electron chi connectivity index (χ2n) is 6.43. The van der Waals surface area contributed by atoms with Gasteiger partial charge in [-0.15, -0.1) is 0 Å². The molecule has 5 heteroatoms. The van der Waals surface area contributed by atoms with Crippen LogP contribution in [0.5, 0.6) is 0 Å². The van der Waals surface area contributed by atoms with Gasteiger partial charge in [0.15, 0.2) is 0 Å². The maximum absolute atomic E-state index is 12.2. The zero-order valence-corrected chi connectivity index (χ0v) is 13.3. The summed E-state index contributed by atoms with van der Waals surface area (Å²) in [5.74, 6) is 0. The van der Waals surface area contributed by atoms with Crippen LogP contribution in [0.15, 0.2) is 30.3 Å². The van der Waals surface area contributed by atoms with Crippen LogP contribution >= 0.6 is 0 Å². The second kappa shape index (κ2) is 6.67. The molecule has 0 aromatic heterocycles. The first-order valence-corrected chi connectivity index (χ1v) is 8.09. The molecule has 22 heavy (non-hydrogen) atoms. The fraction of sp³-hybridized carbons (Fsp3) is 0.588. The minimum Gasteiger partial charge on any atom is -0.376 e. The van der Waals surface area contributed by atoms with E-state index < -0.39 is 0 Å². The molecule has 2 aliphatic rings. The minimum absolute atomic E-state index is 0.00791. The molecule has 0 saturated carbocycles. The molecule has 2 heterocycles. The van der Waals surface area contributed by atoms with E-state index in [-0.39, 0.29) is 18.1 Å². The van der Waals surface area contributed by atoms with E-state index in [0.29, 0.717) is 12.1 Å². The van der Waals surface area contributed by atoms with Crippen molar-refractivity contribution < 1.29 is 9.53 Å². The lowest BCUT2D eigenvalue weighted by Crippen LogP contribution is -2.46. The molecule has 2 saturated heterocycles. The number of morpholine rings is 1. The zero-order valence-electron chi connectivity index (χ0n) is 13.3. The van der Waals surface area contributed by atoms with Gasteiger partial charge in [-0.05, 0) is 25.8 Å². The summed E-state index contributed by atoms with van der Waals surface area (Å²) in [7, 11) is 0. The standard InChI is InChI=1S/C17H25N3O2/c1-12-9-20-10-15(8-16(20)11-22-12)19-17(21)18-13(2)14-6-4-3-5-7-14/h3-7,12-13,15-16H,8-11H2,1-2H3,(H2,18,19,21)/t12-,13-,15+,16+/m1/s1. The van der Waals surface area contributed by atoms with E-state index in [0.717, 1.165) is 31.7 Å². The molecule has 2 aliphatic heterocycles. The van der Waals surface area contributed by atoms with Gasteiger partial charge in [-0.2, -0.15) is 0 Å². The largest absolute Gasteiger partial charge is 0.376 e. The lowest BCUT2D eigenvalue weighted by atomic mass is 10.1. The van der Waals surface area contributed by atoms with E-state index in [1.807, 2.05) is 37.3 Å². The number of nitrogens with zero attached hydrogens (tertiary/aromatic N) is 1. The number of rotatable bonds is 3. The molecular formula is C17H25N3O2. The number of hydrogen-bond acceptors (Lipinski definition) is 3. The topological polar surface area (TPSA) is 53.6 Å². The molecule has 0 bridgehead atoms. The quantitative estimate of drug-likeness (QED) is 0.897. The van der Waals surface area contributed by atoms with Crippen molar-refractivity contribution in [3.05, 3.63) is 35.9 Å². The summed E-state index contributed by atoms with van der Waals surface area (Å²) < 4.78 is 5.70. The molecule has 4 atom stereocenters. The molecule has 1 aromatic rings. The van der Waals surface area contributed by atoms with Crippen LogP contribution in [-0.2, 0) is 4.74 Å². The molecule has 2 N–H and O–H groups in total. The highest BCUT2D eigenvalue weighted by molar-refractivity contribution is 5.74. The van der Waals surface area contributed by atoms with Crippen LogP contribution in [-0.4, -0.2) is 48.8 Å². The van der Waals surface area contributed by atoms with Crippen molar-refractivity contribution in [2.24, 2.45) is 0 Å². The Labute approximate surface area is 132 Å². The second-order valence-corrected chi connectivity index (χ2v) is 6.43. The summed E-state index contributed by atoms with van der Waals surface area (Å²) in [4.78, 5) is 14.6. The van der Waals surface area contributed by atoms with Crippen LogP contribution in [0.4, 0.5) is 4.79 Å². The van der Waals surface area contributed by atoms with Crippen LogP contribution < -0.4 is 10.6 Å². The highest BCUT2D eigenvalue weighted by Crippen LogP contribution is 2.23. The van der Waals surface area contributed by atoms with Gasteiger partial charge in [0.25, 0.3) is 0 Å². The van der Waals surface area contributed by atoms with E-state index in [9.17, 15) is 4.79 Å². The molecule has 3 rings (SSSR count). The van der Waals surface area contributed by atoms with Gasteiger partial charge in [-0.25, -0.2) is 4.79 Å². The highest BCUT2D eigenvalue weighted by atomic mass is 16.5. The average molecular weight is 303 g/mol. The molecule has 0 unspecified atom stereocenters. The van der Waals surface area contributed by atoms with Crippen molar-refractivity contribution in [3.8, 4) is 0 Å². The van der Waals surface area contributed by atoms with Gasteiger partial charge in [-0.1, -0.05) is 30.3 Å². The van der Waals surface area contributed by atoms with Crippen LogP contribution in [0.1, 0.15) is 31.9 Å². The first kappa shape index (κ1) is 15.3. The summed E-state index contributed by atoms with van der Waals surface area (Å²) in [5.41, 5.74) is 1.11. The first-order chi connectivity index (χ1) is 10.6. The van der Waals surface area contributed by atoms with Crippen molar-refractivity contribution in [1.82, 2.24) is 15.5 Å². The summed E-state index contributed by atoms with van der Waals surface area (Å²) in [5, 5.41) is 6.12. The highest BCUT2D eigenvalue weighted by Gasteiger charge is 2.36. The number of carbonyl (C=O) groups is 1. The number of nitrogens with one attached hydrogen (secondary N) is 2. The predicted molar refractivity (Wildman–Crippen MR) is 85.7 cm³/mol. The third kappa shape index (κ3) is 3.59. The monoisotopic (exact) mass is 303 g/mol. The molecule has 120 valence electrons. The number of amides is 2. The minimum atomic E-state index is -0.0878. The molecule has 1 aromatic carbocycles. The lowest BCUT2D eigenvalue weighted by molar-refractivity contribution is -0.0390. The Morgan fingerprint density at radius 2 is 2.09 bits per heavy atom. The van der Waals surface area contributed by atoms with E-state index >= 15 is 0 Å². The SMILES string of the molecule is C[C@@H]1CN2C[C@@H](NC(=O)N[C@H](C)c3ccccc3)C[C@H]2CO1. The van der Waals surface area contributed by atoms with Gasteiger partial charge in [0.05, 0.1) is 18.8 Å². The third-order valence-corrected chi connectivity index (χ3v) is 4.58. The van der Waals surface area contributed by atoms with Gasteiger partial charge in [0.1, 0.15) is 0 Å². The van der Waals surface area contributed by atoms with E-state index in [4.69, 9.17) is 4.74 Å². The fourth-order valence-electron chi connectivity index (χ4n) is 3.39. The molecule has 0 aliphatic carbocycles. The van der Waals surface area contributed by atoms with Gasteiger partial charge in [-0.3, -0.25) is 4.90 Å². The first-order valence-electron chi connectivity index (χ1n) is 8.09. The number of urea groups is 1. The smallest absolute Gasteiger partial charge is 0.315 e. The summed E-state index contributed by atoms with van der Waals surface area (Å²) in [6, 6.07) is 10.6. The summed E-state index contributed by atoms with van der Waals surface area (Å²) >= 11 is 0. The Balaban J connectivity index is 1.48. The predicted octanol–water partition coefficient (Wildman–Crippen LogP) is 1.91. The molecule has 5 nitrogen and oxygen atoms in total. The molecular weight excluding hydrogens is 278 g/mol. The maximum Gasteiger partial charge on any atom is 0.315 e. The van der Waals surface area contributed by atoms with Crippen molar-refractivity contribution in [1.29, 1.82) is 0 Å². The molecule has 0 radical (unpaired) electrons. The van der Waals surface area contributed by atoms with E-state index in [1.165, 1.54) is 0 Å². The number of carbonyl (C=O) groups excluding carboxylic acids is 1. The Kier molecular flexibility index (Phi) is 4.64. The van der Waals surface area contributed by atoms with Crippen LogP contribution in [0.2, 0.25) is 0 Å². The van der Waals surface area contributed by atoms with Crippen LogP contribution in [0.3, 0.4) is 0 Å². The summed E-state index contributed by atoms with van der Waals surface area (Å²) in [6.07, 6.45) is 1.27.